The maximum absolute atomic E-state index is 13.1. The number of rotatable bonds is 4. The number of thiophene rings is 1. The zero-order valence-corrected chi connectivity index (χ0v) is 15.0. The molecule has 1 aromatic carbocycles. The molecule has 1 saturated heterocycles. The normalized spacial score (nSPS) is 21.5. The maximum atomic E-state index is 13.1. The molecule has 0 aliphatic carbocycles. The number of anilines is 1. The fourth-order valence-corrected chi connectivity index (χ4v) is 4.54. The van der Waals surface area contributed by atoms with Crippen molar-refractivity contribution in [2.24, 2.45) is 11.1 Å². The summed E-state index contributed by atoms with van der Waals surface area (Å²) in [5, 5.41) is 16.7. The van der Waals surface area contributed by atoms with E-state index in [0.717, 1.165) is 5.56 Å². The monoisotopic (exact) mass is 383 g/mol. The lowest BCUT2D eigenvalue weighted by Gasteiger charge is -2.25. The van der Waals surface area contributed by atoms with Crippen LogP contribution in [-0.2, 0) is 4.79 Å². The van der Waals surface area contributed by atoms with Crippen molar-refractivity contribution >= 4 is 45.2 Å². The second kappa shape index (κ2) is 6.81. The van der Waals surface area contributed by atoms with E-state index in [4.69, 9.17) is 0 Å². The lowest BCUT2D eigenvalue weighted by Crippen LogP contribution is -2.30. The molecule has 3 aromatic rings. The lowest BCUT2D eigenvalue weighted by atomic mass is 9.88. The molecule has 2 aromatic heterocycles. The van der Waals surface area contributed by atoms with Crippen LogP contribution in [0.4, 0.5) is 5.13 Å². The Balaban J connectivity index is 1.89. The van der Waals surface area contributed by atoms with Gasteiger partial charge in [0.1, 0.15) is 0 Å². The van der Waals surface area contributed by atoms with Gasteiger partial charge in [0.15, 0.2) is 16.6 Å². The number of oxime groups is 1. The van der Waals surface area contributed by atoms with Crippen LogP contribution in [-0.4, -0.2) is 27.6 Å². The standard InChI is InChI=1S/C18H13N3O3S2/c22-16(12-7-4-9-25-12)13-14(20-24)17(23)21(18-19-8-10-26-18)15(13)11-5-2-1-3-6-11/h1-10,13,15,24H. The molecule has 1 aliphatic rings. The van der Waals surface area contributed by atoms with Gasteiger partial charge in [-0.25, -0.2) is 4.98 Å². The van der Waals surface area contributed by atoms with Gasteiger partial charge in [0, 0.05) is 11.6 Å². The average Bonchev–Trinajstić information content (AvgIpc) is 3.41. The number of nitrogens with zero attached hydrogens (tertiary/aromatic N) is 3. The summed E-state index contributed by atoms with van der Waals surface area (Å²) >= 11 is 2.59. The van der Waals surface area contributed by atoms with Crippen molar-refractivity contribution < 1.29 is 14.8 Å². The van der Waals surface area contributed by atoms with Gasteiger partial charge in [-0.2, -0.15) is 0 Å². The smallest absolute Gasteiger partial charge is 0.279 e. The Kier molecular flexibility index (Phi) is 4.36. The molecule has 0 radical (unpaired) electrons. The highest BCUT2D eigenvalue weighted by Crippen LogP contribution is 2.42. The van der Waals surface area contributed by atoms with Crippen molar-refractivity contribution in [3.05, 3.63) is 69.9 Å². The largest absolute Gasteiger partial charge is 0.410 e. The van der Waals surface area contributed by atoms with Crippen molar-refractivity contribution in [1.82, 2.24) is 4.98 Å². The van der Waals surface area contributed by atoms with Crippen LogP contribution in [0.25, 0.3) is 0 Å². The lowest BCUT2D eigenvalue weighted by molar-refractivity contribution is -0.112. The molecule has 3 heterocycles. The Hall–Kier alpha value is -2.84. The first-order valence-corrected chi connectivity index (χ1v) is 9.56. The van der Waals surface area contributed by atoms with E-state index in [9.17, 15) is 14.8 Å². The summed E-state index contributed by atoms with van der Waals surface area (Å²) in [4.78, 5) is 32.3. The highest BCUT2D eigenvalue weighted by molar-refractivity contribution is 7.14. The van der Waals surface area contributed by atoms with Crippen molar-refractivity contribution in [1.29, 1.82) is 0 Å². The third kappa shape index (κ3) is 2.63. The molecule has 2 atom stereocenters. The van der Waals surface area contributed by atoms with Crippen LogP contribution in [0.5, 0.6) is 0 Å². The van der Waals surface area contributed by atoms with E-state index in [1.165, 1.54) is 27.6 Å². The molecule has 1 fully saturated rings. The van der Waals surface area contributed by atoms with Gasteiger partial charge in [-0.05, 0) is 17.0 Å². The second-order valence-electron chi connectivity index (χ2n) is 5.65. The molecule has 4 rings (SSSR count). The first-order chi connectivity index (χ1) is 12.7. The van der Waals surface area contributed by atoms with Crippen LogP contribution in [0.15, 0.2) is 64.6 Å². The SMILES string of the molecule is O=C(c1cccs1)C1C(=NO)C(=O)N(c2nccs2)C1c1ccccc1. The van der Waals surface area contributed by atoms with Gasteiger partial charge in [-0.3, -0.25) is 14.5 Å². The molecule has 6 nitrogen and oxygen atoms in total. The molecule has 2 unspecified atom stereocenters. The zero-order chi connectivity index (χ0) is 18.1. The fourth-order valence-electron chi connectivity index (χ4n) is 3.16. The van der Waals surface area contributed by atoms with Gasteiger partial charge in [0.25, 0.3) is 5.91 Å². The highest BCUT2D eigenvalue weighted by Gasteiger charge is 2.52. The highest BCUT2D eigenvalue weighted by atomic mass is 32.1. The van der Waals surface area contributed by atoms with E-state index in [0.29, 0.717) is 10.0 Å². The Morgan fingerprint density at radius 1 is 1.12 bits per heavy atom. The van der Waals surface area contributed by atoms with Crippen molar-refractivity contribution in [3.63, 3.8) is 0 Å². The molecule has 1 N–H and O–H groups in total. The van der Waals surface area contributed by atoms with E-state index >= 15 is 0 Å². The fraction of sp³-hybridized carbons (Fsp3) is 0.111. The minimum absolute atomic E-state index is 0.160. The van der Waals surface area contributed by atoms with Crippen LogP contribution < -0.4 is 4.90 Å². The Bertz CT molecular complexity index is 953. The quantitative estimate of drug-likeness (QED) is 0.424. The second-order valence-corrected chi connectivity index (χ2v) is 7.47. The van der Waals surface area contributed by atoms with Crippen LogP contribution in [0.2, 0.25) is 0 Å². The average molecular weight is 383 g/mol. The van der Waals surface area contributed by atoms with Crippen LogP contribution >= 0.6 is 22.7 Å². The third-order valence-corrected chi connectivity index (χ3v) is 5.90. The predicted octanol–water partition coefficient (Wildman–Crippen LogP) is 3.62. The summed E-state index contributed by atoms with van der Waals surface area (Å²) in [5.74, 6) is -1.65. The Labute approximate surface area is 157 Å². The summed E-state index contributed by atoms with van der Waals surface area (Å²) in [6.07, 6.45) is 1.60. The van der Waals surface area contributed by atoms with E-state index in [2.05, 4.69) is 10.1 Å². The number of amides is 1. The topological polar surface area (TPSA) is 82.9 Å². The molecule has 130 valence electrons. The summed E-state index contributed by atoms with van der Waals surface area (Å²) in [6.45, 7) is 0. The predicted molar refractivity (Wildman–Crippen MR) is 100 cm³/mol. The number of aromatic nitrogens is 1. The number of benzene rings is 1. The van der Waals surface area contributed by atoms with Gasteiger partial charge < -0.3 is 5.21 Å². The zero-order valence-electron chi connectivity index (χ0n) is 13.4. The van der Waals surface area contributed by atoms with Gasteiger partial charge in [0.05, 0.1) is 16.8 Å². The van der Waals surface area contributed by atoms with Crippen molar-refractivity contribution in [2.45, 2.75) is 6.04 Å². The van der Waals surface area contributed by atoms with Gasteiger partial charge in [-0.1, -0.05) is 41.6 Å². The molecule has 1 amide bonds. The van der Waals surface area contributed by atoms with Crippen molar-refractivity contribution in [3.8, 4) is 0 Å². The molecule has 1 aliphatic heterocycles. The van der Waals surface area contributed by atoms with E-state index in [1.807, 2.05) is 30.3 Å². The summed E-state index contributed by atoms with van der Waals surface area (Å²) in [7, 11) is 0. The maximum Gasteiger partial charge on any atom is 0.279 e. The van der Waals surface area contributed by atoms with Crippen LogP contribution in [0.1, 0.15) is 21.3 Å². The van der Waals surface area contributed by atoms with E-state index in [1.54, 1.807) is 29.1 Å². The first-order valence-electron chi connectivity index (χ1n) is 7.80. The minimum Gasteiger partial charge on any atom is -0.410 e. The molecular weight excluding hydrogens is 370 g/mol. The Morgan fingerprint density at radius 3 is 2.54 bits per heavy atom. The summed E-state index contributed by atoms with van der Waals surface area (Å²) in [6, 6.07) is 12.1. The molecule has 0 bridgehead atoms. The molecule has 0 saturated carbocycles. The van der Waals surface area contributed by atoms with Gasteiger partial charge in [0.2, 0.25) is 0 Å². The van der Waals surface area contributed by atoms with Gasteiger partial charge in [-0.15, -0.1) is 22.7 Å². The van der Waals surface area contributed by atoms with Crippen LogP contribution in [0, 0.1) is 5.92 Å². The number of Topliss-reactive ketones (excluding diaryl/α,β-unsaturated/α-hetero) is 1. The first kappa shape index (κ1) is 16.6. The third-order valence-electron chi connectivity index (χ3n) is 4.25. The Morgan fingerprint density at radius 2 is 1.92 bits per heavy atom. The number of hydrogen-bond donors (Lipinski definition) is 1. The minimum atomic E-state index is -0.905. The molecule has 8 heteroatoms. The van der Waals surface area contributed by atoms with E-state index < -0.39 is 17.9 Å². The van der Waals surface area contributed by atoms with E-state index in [-0.39, 0.29) is 11.5 Å². The number of hydrogen-bond acceptors (Lipinski definition) is 7. The van der Waals surface area contributed by atoms with Crippen molar-refractivity contribution in [2.75, 3.05) is 4.90 Å². The number of carbonyl (C=O) groups is 2. The molecule has 0 spiro atoms. The molecule has 26 heavy (non-hydrogen) atoms. The van der Waals surface area contributed by atoms with Gasteiger partial charge >= 0.3 is 0 Å². The number of thiazole rings is 1. The number of ketones is 1. The summed E-state index contributed by atoms with van der Waals surface area (Å²) < 4.78 is 0. The van der Waals surface area contributed by atoms with Crippen LogP contribution in [0.3, 0.4) is 0 Å². The number of carbonyl (C=O) groups excluding carboxylic acids is 2. The summed E-state index contributed by atoms with van der Waals surface area (Å²) in [5.41, 5.74) is 0.622. The molecular formula is C18H13N3O3S2.